The largest absolute Gasteiger partial charge is 0.493 e. The summed E-state index contributed by atoms with van der Waals surface area (Å²) in [6, 6.07) is 9.04. The Hall–Kier alpha value is -2.43. The van der Waals surface area contributed by atoms with Crippen LogP contribution in [-0.4, -0.2) is 31.6 Å². The summed E-state index contributed by atoms with van der Waals surface area (Å²) in [5.74, 6) is 3.29. The number of ether oxygens (including phenoxy) is 2. The van der Waals surface area contributed by atoms with Crippen LogP contribution in [0.5, 0.6) is 11.5 Å². The van der Waals surface area contributed by atoms with Crippen molar-refractivity contribution >= 4 is 5.91 Å². The molecule has 0 saturated heterocycles. The lowest BCUT2D eigenvalue weighted by Gasteiger charge is -2.17. The molecule has 0 saturated carbocycles. The summed E-state index contributed by atoms with van der Waals surface area (Å²) < 4.78 is 16.7. The van der Waals surface area contributed by atoms with Gasteiger partial charge in [-0.05, 0) is 49.6 Å². The van der Waals surface area contributed by atoms with Crippen molar-refractivity contribution in [3.8, 4) is 11.5 Å². The number of methoxy groups -OCH3 is 1. The molecule has 2 rings (SSSR count). The van der Waals surface area contributed by atoms with Crippen LogP contribution in [0, 0.1) is 12.8 Å². The number of rotatable bonds is 8. The van der Waals surface area contributed by atoms with E-state index in [0.717, 1.165) is 17.9 Å². The van der Waals surface area contributed by atoms with Gasteiger partial charge in [0, 0.05) is 12.6 Å². The van der Waals surface area contributed by atoms with Gasteiger partial charge in [-0.2, -0.15) is 0 Å². The summed E-state index contributed by atoms with van der Waals surface area (Å²) in [6.45, 7) is 7.23. The molecular weight excluding hydrogens is 318 g/mol. The van der Waals surface area contributed by atoms with Crippen LogP contribution in [-0.2, 0) is 6.54 Å². The average Bonchev–Trinajstić information content (AvgIpc) is 2.98. The Bertz CT molecular complexity index is 705. The lowest BCUT2D eigenvalue weighted by molar-refractivity contribution is 0.0774. The number of amides is 1. The first kappa shape index (κ1) is 18.9. The minimum atomic E-state index is -0.0962. The molecule has 2 aromatic rings. The van der Waals surface area contributed by atoms with Crippen molar-refractivity contribution in [1.29, 1.82) is 0 Å². The van der Waals surface area contributed by atoms with E-state index in [9.17, 15) is 4.79 Å². The van der Waals surface area contributed by atoms with Gasteiger partial charge in [-0.15, -0.1) is 0 Å². The molecule has 0 aliphatic heterocycles. The molecule has 1 aromatic heterocycles. The lowest BCUT2D eigenvalue weighted by Crippen LogP contribution is -2.26. The second kappa shape index (κ2) is 8.60. The first-order valence-corrected chi connectivity index (χ1v) is 8.52. The topological polar surface area (TPSA) is 51.9 Å². The first-order valence-electron chi connectivity index (χ1n) is 8.52. The molecule has 0 spiro atoms. The van der Waals surface area contributed by atoms with Crippen LogP contribution in [0.4, 0.5) is 0 Å². The molecule has 0 unspecified atom stereocenters. The summed E-state index contributed by atoms with van der Waals surface area (Å²) in [6.07, 6.45) is 0.967. The fourth-order valence-corrected chi connectivity index (χ4v) is 2.42. The number of benzene rings is 1. The Morgan fingerprint density at radius 3 is 2.56 bits per heavy atom. The highest BCUT2D eigenvalue weighted by Gasteiger charge is 2.16. The van der Waals surface area contributed by atoms with Gasteiger partial charge in [0.2, 0.25) is 0 Å². The third-order valence-electron chi connectivity index (χ3n) is 3.90. The van der Waals surface area contributed by atoms with E-state index in [-0.39, 0.29) is 5.91 Å². The molecule has 5 nitrogen and oxygen atoms in total. The molecule has 25 heavy (non-hydrogen) atoms. The maximum atomic E-state index is 12.6. The van der Waals surface area contributed by atoms with Crippen LogP contribution in [0.15, 0.2) is 34.7 Å². The predicted octanol–water partition coefficient (Wildman–Crippen LogP) is 4.29. The van der Waals surface area contributed by atoms with E-state index in [1.165, 1.54) is 0 Å². The van der Waals surface area contributed by atoms with Crippen LogP contribution in [0.25, 0.3) is 0 Å². The summed E-state index contributed by atoms with van der Waals surface area (Å²) in [5.41, 5.74) is 0.554. The number of carbonyl (C=O) groups is 1. The molecule has 0 aliphatic carbocycles. The smallest absolute Gasteiger partial charge is 0.254 e. The van der Waals surface area contributed by atoms with Crippen LogP contribution in [0.1, 0.15) is 42.1 Å². The minimum Gasteiger partial charge on any atom is -0.493 e. The number of furan rings is 1. The zero-order valence-corrected chi connectivity index (χ0v) is 15.7. The number of carbonyl (C=O) groups excluding carboxylic acids is 1. The highest BCUT2D eigenvalue weighted by Crippen LogP contribution is 2.29. The highest BCUT2D eigenvalue weighted by atomic mass is 16.5. The quantitative estimate of drug-likeness (QED) is 0.716. The van der Waals surface area contributed by atoms with Crippen LogP contribution in [0.2, 0.25) is 0 Å². The van der Waals surface area contributed by atoms with Gasteiger partial charge in [-0.25, -0.2) is 0 Å². The standard InChI is InChI=1S/C20H27NO4/c1-14(2)10-11-24-18-9-7-16(12-19(18)23-5)20(22)21(4)13-17-8-6-15(3)25-17/h6-9,12,14H,10-11,13H2,1-5H3. The third-order valence-corrected chi connectivity index (χ3v) is 3.90. The van der Waals surface area contributed by atoms with Gasteiger partial charge in [-0.1, -0.05) is 13.8 Å². The van der Waals surface area contributed by atoms with E-state index in [2.05, 4.69) is 13.8 Å². The molecule has 136 valence electrons. The van der Waals surface area contributed by atoms with Crippen molar-refractivity contribution in [2.75, 3.05) is 20.8 Å². The zero-order valence-electron chi connectivity index (χ0n) is 15.7. The fraction of sp³-hybridized carbons (Fsp3) is 0.450. The second-order valence-corrected chi connectivity index (χ2v) is 6.57. The van der Waals surface area contributed by atoms with Crippen molar-refractivity contribution in [2.45, 2.75) is 33.7 Å². The summed E-state index contributed by atoms with van der Waals surface area (Å²) in [4.78, 5) is 14.2. The number of nitrogens with zero attached hydrogens (tertiary/aromatic N) is 1. The summed E-state index contributed by atoms with van der Waals surface area (Å²) >= 11 is 0. The van der Waals surface area contributed by atoms with Gasteiger partial charge in [0.1, 0.15) is 11.5 Å². The van der Waals surface area contributed by atoms with Crippen molar-refractivity contribution in [2.24, 2.45) is 5.92 Å². The normalized spacial score (nSPS) is 10.8. The Morgan fingerprint density at radius 1 is 1.20 bits per heavy atom. The molecule has 0 radical (unpaired) electrons. The van der Waals surface area contributed by atoms with E-state index in [0.29, 0.717) is 36.1 Å². The van der Waals surface area contributed by atoms with E-state index < -0.39 is 0 Å². The Labute approximate surface area is 149 Å². The third kappa shape index (κ3) is 5.28. The SMILES string of the molecule is COc1cc(C(=O)N(C)Cc2ccc(C)o2)ccc1OCCC(C)C. The molecule has 0 bridgehead atoms. The molecular formula is C20H27NO4. The van der Waals surface area contributed by atoms with Gasteiger partial charge in [0.15, 0.2) is 11.5 Å². The highest BCUT2D eigenvalue weighted by molar-refractivity contribution is 5.94. The van der Waals surface area contributed by atoms with Crippen molar-refractivity contribution in [1.82, 2.24) is 4.90 Å². The fourth-order valence-electron chi connectivity index (χ4n) is 2.42. The lowest BCUT2D eigenvalue weighted by atomic mass is 10.1. The van der Waals surface area contributed by atoms with E-state index in [1.54, 1.807) is 37.3 Å². The van der Waals surface area contributed by atoms with E-state index in [1.807, 2.05) is 19.1 Å². The Kier molecular flexibility index (Phi) is 6.51. The molecule has 1 aromatic carbocycles. The number of hydrogen-bond acceptors (Lipinski definition) is 4. The number of aryl methyl sites for hydroxylation is 1. The second-order valence-electron chi connectivity index (χ2n) is 6.57. The molecule has 1 amide bonds. The van der Waals surface area contributed by atoms with Gasteiger partial charge >= 0.3 is 0 Å². The van der Waals surface area contributed by atoms with Gasteiger partial charge in [-0.3, -0.25) is 4.79 Å². The maximum absolute atomic E-state index is 12.6. The number of hydrogen-bond donors (Lipinski definition) is 0. The predicted molar refractivity (Wildman–Crippen MR) is 97.2 cm³/mol. The molecule has 0 N–H and O–H groups in total. The van der Waals surface area contributed by atoms with Crippen molar-refractivity contribution in [3.63, 3.8) is 0 Å². The van der Waals surface area contributed by atoms with E-state index >= 15 is 0 Å². The van der Waals surface area contributed by atoms with Gasteiger partial charge in [0.25, 0.3) is 5.91 Å². The molecule has 0 aliphatic rings. The van der Waals surface area contributed by atoms with Crippen LogP contribution in [0.3, 0.4) is 0 Å². The van der Waals surface area contributed by atoms with Gasteiger partial charge in [0.05, 0.1) is 20.3 Å². The molecule has 5 heteroatoms. The monoisotopic (exact) mass is 345 g/mol. The Balaban J connectivity index is 2.06. The van der Waals surface area contributed by atoms with Crippen molar-refractivity contribution < 1.29 is 18.7 Å². The summed E-state index contributed by atoms with van der Waals surface area (Å²) in [7, 11) is 3.33. The molecule has 0 fully saturated rings. The molecule has 1 heterocycles. The molecule has 0 atom stereocenters. The Morgan fingerprint density at radius 2 is 1.96 bits per heavy atom. The summed E-state index contributed by atoms with van der Waals surface area (Å²) in [5, 5.41) is 0. The first-order chi connectivity index (χ1) is 11.9. The zero-order chi connectivity index (χ0) is 18.4. The minimum absolute atomic E-state index is 0.0962. The van der Waals surface area contributed by atoms with Crippen LogP contribution >= 0.6 is 0 Å². The van der Waals surface area contributed by atoms with Crippen molar-refractivity contribution in [3.05, 3.63) is 47.4 Å². The average molecular weight is 345 g/mol. The van der Waals surface area contributed by atoms with Crippen LogP contribution < -0.4 is 9.47 Å². The maximum Gasteiger partial charge on any atom is 0.254 e. The van der Waals surface area contributed by atoms with E-state index in [4.69, 9.17) is 13.9 Å². The van der Waals surface area contributed by atoms with Gasteiger partial charge < -0.3 is 18.8 Å².